The summed E-state index contributed by atoms with van der Waals surface area (Å²) in [6.45, 7) is 9.86. The maximum absolute atomic E-state index is 13.2. The lowest BCUT2D eigenvalue weighted by Crippen LogP contribution is -2.37. The summed E-state index contributed by atoms with van der Waals surface area (Å²) < 4.78 is 11.3. The number of halogens is 1. The van der Waals surface area contributed by atoms with Gasteiger partial charge in [-0.15, -0.1) is 5.16 Å². The van der Waals surface area contributed by atoms with Crippen molar-refractivity contribution in [2.75, 3.05) is 5.32 Å². The molecule has 1 aliphatic heterocycles. The number of hydrogen-bond acceptors (Lipinski definition) is 7. The Hall–Kier alpha value is -3.62. The number of aromatic nitrogens is 1. The van der Waals surface area contributed by atoms with Crippen LogP contribution in [-0.2, 0) is 4.76 Å². The Balaban J connectivity index is 1.60. The van der Waals surface area contributed by atoms with E-state index in [1.807, 2.05) is 65.0 Å². The summed E-state index contributed by atoms with van der Waals surface area (Å²) >= 11 is 6.29. The fourth-order valence-electron chi connectivity index (χ4n) is 4.80. The van der Waals surface area contributed by atoms with Gasteiger partial charge in [0.1, 0.15) is 16.5 Å². The molecule has 1 atom stereocenters. The standard InChI is InChI=1S/C28H27BClN3O4/c1-14(2)27-16(4)26(34)21-11-15(3)10-20(28(21)36-27)17(5)32-23-8-9-24(30)33-25(23)18-6-7-22-19(12-18)13-31-37-29(22)35/h6-14,17,32,35H,1-5H3/t17-/m1/s1. The van der Waals surface area contributed by atoms with Crippen molar-refractivity contribution in [3.8, 4) is 11.3 Å². The van der Waals surface area contributed by atoms with Gasteiger partial charge in [0.2, 0.25) is 0 Å². The minimum Gasteiger partial charge on any atom is -0.460 e. The second kappa shape index (κ2) is 9.69. The van der Waals surface area contributed by atoms with Gasteiger partial charge in [-0.3, -0.25) is 4.79 Å². The SMILES string of the molecule is Cc1cc([C@@H](C)Nc2ccc(Cl)nc2-c2ccc3c(c2)C=NOB3O)c2oc(C(C)C)c(C)c(=O)c2c1. The fourth-order valence-corrected chi connectivity index (χ4v) is 4.95. The van der Waals surface area contributed by atoms with E-state index in [9.17, 15) is 9.82 Å². The van der Waals surface area contributed by atoms with Gasteiger partial charge in [0, 0.05) is 28.1 Å². The average Bonchev–Trinajstić information content (AvgIpc) is 2.86. The Morgan fingerprint density at radius 2 is 1.86 bits per heavy atom. The van der Waals surface area contributed by atoms with Crippen LogP contribution in [0.15, 0.2) is 56.8 Å². The molecule has 0 saturated carbocycles. The Morgan fingerprint density at radius 3 is 2.62 bits per heavy atom. The van der Waals surface area contributed by atoms with Crippen LogP contribution in [0.25, 0.3) is 22.2 Å². The Kier molecular flexibility index (Phi) is 6.56. The van der Waals surface area contributed by atoms with Crippen LogP contribution in [0.2, 0.25) is 5.15 Å². The maximum Gasteiger partial charge on any atom is 0.583 e. The lowest BCUT2D eigenvalue weighted by atomic mass is 9.75. The number of nitrogens with zero attached hydrogens (tertiary/aromatic N) is 2. The van der Waals surface area contributed by atoms with Gasteiger partial charge < -0.3 is 19.5 Å². The Labute approximate surface area is 220 Å². The molecule has 7 nitrogen and oxygen atoms in total. The van der Waals surface area contributed by atoms with Crippen molar-refractivity contribution in [1.29, 1.82) is 0 Å². The third-order valence-corrected chi connectivity index (χ3v) is 6.84. The highest BCUT2D eigenvalue weighted by Crippen LogP contribution is 2.34. The molecule has 0 saturated heterocycles. The first-order valence-electron chi connectivity index (χ1n) is 12.2. The number of fused-ring (bicyclic) bond motifs is 2. The zero-order chi connectivity index (χ0) is 26.4. The Morgan fingerprint density at radius 1 is 1.08 bits per heavy atom. The number of nitrogens with one attached hydrogen (secondary N) is 1. The van der Waals surface area contributed by atoms with Gasteiger partial charge in [0.15, 0.2) is 5.43 Å². The molecule has 0 spiro atoms. The molecule has 0 aliphatic carbocycles. The van der Waals surface area contributed by atoms with Crippen LogP contribution in [-0.4, -0.2) is 23.3 Å². The predicted octanol–water partition coefficient (Wildman–Crippen LogP) is 5.47. The minimum absolute atomic E-state index is 0.00200. The average molecular weight is 516 g/mol. The molecule has 5 rings (SSSR count). The minimum atomic E-state index is -1.11. The van der Waals surface area contributed by atoms with Crippen molar-refractivity contribution < 1.29 is 14.2 Å². The van der Waals surface area contributed by atoms with Crippen LogP contribution < -0.4 is 16.2 Å². The molecule has 2 N–H and O–H groups in total. The largest absolute Gasteiger partial charge is 0.583 e. The van der Waals surface area contributed by atoms with E-state index in [1.165, 1.54) is 0 Å². The molecule has 4 aromatic rings. The van der Waals surface area contributed by atoms with Gasteiger partial charge in [0.25, 0.3) is 0 Å². The van der Waals surface area contributed by atoms with Gasteiger partial charge in [-0.1, -0.05) is 43.6 Å². The zero-order valence-electron chi connectivity index (χ0n) is 21.3. The molecule has 0 fully saturated rings. The summed E-state index contributed by atoms with van der Waals surface area (Å²) in [7, 11) is -1.11. The van der Waals surface area contributed by atoms with Crippen LogP contribution in [0.3, 0.4) is 0 Å². The Bertz CT molecular complexity index is 1620. The van der Waals surface area contributed by atoms with Crippen LogP contribution in [0.5, 0.6) is 0 Å². The number of rotatable bonds is 5. The highest BCUT2D eigenvalue weighted by Gasteiger charge is 2.26. The van der Waals surface area contributed by atoms with Gasteiger partial charge in [-0.05, 0) is 56.2 Å². The number of benzene rings is 2. The highest BCUT2D eigenvalue weighted by atomic mass is 35.5. The van der Waals surface area contributed by atoms with E-state index in [2.05, 4.69) is 15.5 Å². The molecule has 0 bridgehead atoms. The number of oxime groups is 1. The fraction of sp³-hybridized carbons (Fsp3) is 0.250. The monoisotopic (exact) mass is 515 g/mol. The van der Waals surface area contributed by atoms with E-state index in [4.69, 9.17) is 20.8 Å². The number of aryl methyl sites for hydroxylation is 1. The van der Waals surface area contributed by atoms with E-state index in [0.717, 1.165) is 27.9 Å². The van der Waals surface area contributed by atoms with E-state index in [-0.39, 0.29) is 17.4 Å². The first-order valence-corrected chi connectivity index (χ1v) is 12.5. The van der Waals surface area contributed by atoms with E-state index >= 15 is 0 Å². The summed E-state index contributed by atoms with van der Waals surface area (Å²) in [5.74, 6) is 0.781. The van der Waals surface area contributed by atoms with Crippen LogP contribution >= 0.6 is 11.6 Å². The number of pyridine rings is 1. The third-order valence-electron chi connectivity index (χ3n) is 6.63. The smallest absolute Gasteiger partial charge is 0.460 e. The molecule has 2 aromatic carbocycles. The normalized spacial score (nSPS) is 13.6. The van der Waals surface area contributed by atoms with Crippen molar-refractivity contribution in [1.82, 2.24) is 4.98 Å². The molecular weight excluding hydrogens is 489 g/mol. The van der Waals surface area contributed by atoms with E-state index in [0.29, 0.717) is 38.6 Å². The first kappa shape index (κ1) is 25.1. The predicted molar refractivity (Wildman–Crippen MR) is 149 cm³/mol. The van der Waals surface area contributed by atoms with Gasteiger partial charge in [-0.25, -0.2) is 4.98 Å². The number of hydrogen-bond donors (Lipinski definition) is 2. The van der Waals surface area contributed by atoms with Crippen molar-refractivity contribution in [2.24, 2.45) is 5.16 Å². The summed E-state index contributed by atoms with van der Waals surface area (Å²) in [6.07, 6.45) is 1.56. The van der Waals surface area contributed by atoms with Crippen molar-refractivity contribution in [2.45, 2.75) is 46.6 Å². The lowest BCUT2D eigenvalue weighted by Gasteiger charge is -2.21. The van der Waals surface area contributed by atoms with Crippen molar-refractivity contribution in [3.63, 3.8) is 0 Å². The molecule has 1 aliphatic rings. The topological polar surface area (TPSA) is 97.0 Å². The van der Waals surface area contributed by atoms with Gasteiger partial charge >= 0.3 is 7.12 Å². The molecule has 3 heterocycles. The van der Waals surface area contributed by atoms with Crippen LogP contribution in [0.4, 0.5) is 5.69 Å². The molecule has 0 radical (unpaired) electrons. The van der Waals surface area contributed by atoms with Crippen LogP contribution in [0, 0.1) is 13.8 Å². The third kappa shape index (κ3) is 4.63. The summed E-state index contributed by atoms with van der Waals surface area (Å²) in [5, 5.41) is 18.3. The van der Waals surface area contributed by atoms with Crippen molar-refractivity contribution >= 4 is 47.1 Å². The highest BCUT2D eigenvalue weighted by molar-refractivity contribution is 6.62. The lowest BCUT2D eigenvalue weighted by molar-refractivity contribution is 0.286. The number of anilines is 1. The molecule has 2 aromatic heterocycles. The zero-order valence-corrected chi connectivity index (χ0v) is 22.1. The van der Waals surface area contributed by atoms with E-state index in [1.54, 1.807) is 18.3 Å². The summed E-state index contributed by atoms with van der Waals surface area (Å²) in [5.41, 5.74) is 6.66. The van der Waals surface area contributed by atoms with Crippen LogP contribution in [0.1, 0.15) is 60.7 Å². The first-order chi connectivity index (χ1) is 17.6. The molecule has 0 amide bonds. The maximum atomic E-state index is 13.2. The molecule has 37 heavy (non-hydrogen) atoms. The summed E-state index contributed by atoms with van der Waals surface area (Å²) in [6, 6.07) is 12.9. The molecule has 9 heteroatoms. The quantitative estimate of drug-likeness (QED) is 0.270. The van der Waals surface area contributed by atoms with Gasteiger partial charge in [-0.2, -0.15) is 0 Å². The van der Waals surface area contributed by atoms with Crippen molar-refractivity contribution in [3.05, 3.63) is 85.9 Å². The summed E-state index contributed by atoms with van der Waals surface area (Å²) in [4.78, 5) is 17.8. The second-order valence-corrected chi connectivity index (χ2v) is 10.1. The second-order valence-electron chi connectivity index (χ2n) is 9.74. The molecule has 188 valence electrons. The van der Waals surface area contributed by atoms with E-state index < -0.39 is 7.12 Å². The molecule has 0 unspecified atom stereocenters. The van der Waals surface area contributed by atoms with Gasteiger partial charge in [0.05, 0.1) is 29.0 Å². The molecular formula is C28H27BClN3O4.